The van der Waals surface area contributed by atoms with Crippen LogP contribution in [0, 0.1) is 11.8 Å². The molecule has 2 atom stereocenters. The molecular weight excluding hydrogens is 317 g/mol. The summed E-state index contributed by atoms with van der Waals surface area (Å²) < 4.78 is 38.5. The van der Waals surface area contributed by atoms with Crippen LogP contribution in [-0.4, -0.2) is 53.6 Å². The van der Waals surface area contributed by atoms with E-state index in [4.69, 9.17) is 5.11 Å². The third-order valence-electron chi connectivity index (χ3n) is 3.85. The van der Waals surface area contributed by atoms with E-state index in [1.54, 1.807) is 0 Å². The van der Waals surface area contributed by atoms with Gasteiger partial charge in [-0.1, -0.05) is 6.42 Å². The highest BCUT2D eigenvalue weighted by Gasteiger charge is 2.53. The van der Waals surface area contributed by atoms with E-state index < -0.39 is 43.0 Å². The van der Waals surface area contributed by atoms with E-state index in [0.717, 1.165) is 4.90 Å². The van der Waals surface area contributed by atoms with E-state index in [1.165, 1.54) is 6.92 Å². The highest BCUT2D eigenvalue weighted by molar-refractivity contribution is 5.79. The number of likely N-dealkylation sites (tertiary alicyclic amines) is 1. The molecule has 0 aromatic rings. The lowest BCUT2D eigenvalue weighted by Crippen LogP contribution is -2.34. The minimum atomic E-state index is -4.63. The van der Waals surface area contributed by atoms with Gasteiger partial charge in [-0.15, -0.1) is 0 Å². The Balaban J connectivity index is 2.39. The smallest absolute Gasteiger partial charge is 0.394 e. The van der Waals surface area contributed by atoms with Crippen molar-refractivity contribution in [1.82, 2.24) is 10.2 Å². The summed E-state index contributed by atoms with van der Waals surface area (Å²) in [5.74, 6) is -5.74. The highest BCUT2D eigenvalue weighted by Crippen LogP contribution is 2.37. The Morgan fingerprint density at radius 3 is 2.30 bits per heavy atom. The van der Waals surface area contributed by atoms with Crippen molar-refractivity contribution in [1.29, 1.82) is 0 Å². The number of carbonyl (C=O) groups is 3. The molecule has 2 amide bonds. The predicted molar refractivity (Wildman–Crippen MR) is 74.4 cm³/mol. The first-order valence-electron chi connectivity index (χ1n) is 7.44. The van der Waals surface area contributed by atoms with Crippen molar-refractivity contribution >= 4 is 17.8 Å². The van der Waals surface area contributed by atoms with Crippen molar-refractivity contribution in [3.05, 3.63) is 0 Å². The van der Waals surface area contributed by atoms with Crippen LogP contribution in [0.5, 0.6) is 0 Å². The summed E-state index contributed by atoms with van der Waals surface area (Å²) in [5.41, 5.74) is 0. The van der Waals surface area contributed by atoms with Gasteiger partial charge < -0.3 is 15.3 Å². The summed E-state index contributed by atoms with van der Waals surface area (Å²) in [7, 11) is 0. The van der Waals surface area contributed by atoms with Crippen LogP contribution in [-0.2, 0) is 14.4 Å². The average Bonchev–Trinajstić information content (AvgIpc) is 2.87. The number of hydrogen-bond acceptors (Lipinski definition) is 3. The minimum absolute atomic E-state index is 0.0803. The number of nitrogens with zero attached hydrogens (tertiary/aromatic N) is 1. The number of alkyl halides is 3. The van der Waals surface area contributed by atoms with Crippen LogP contribution in [0.15, 0.2) is 0 Å². The van der Waals surface area contributed by atoms with Crippen LogP contribution in [0.4, 0.5) is 13.2 Å². The van der Waals surface area contributed by atoms with E-state index >= 15 is 0 Å². The lowest BCUT2D eigenvalue weighted by molar-refractivity contribution is -0.188. The summed E-state index contributed by atoms with van der Waals surface area (Å²) in [6.45, 7) is 0.896. The molecule has 1 fully saturated rings. The number of nitrogens with one attached hydrogen (secondary N) is 1. The molecule has 6 nitrogen and oxygen atoms in total. The van der Waals surface area contributed by atoms with Crippen LogP contribution in [0.3, 0.4) is 0 Å². The van der Waals surface area contributed by atoms with Gasteiger partial charge in [0.1, 0.15) is 0 Å². The second kappa shape index (κ2) is 8.16. The third kappa shape index (κ3) is 6.07. The van der Waals surface area contributed by atoms with Gasteiger partial charge in [-0.25, -0.2) is 0 Å². The van der Waals surface area contributed by atoms with Crippen molar-refractivity contribution in [3.63, 3.8) is 0 Å². The van der Waals surface area contributed by atoms with Gasteiger partial charge in [0.2, 0.25) is 11.8 Å². The topological polar surface area (TPSA) is 86.7 Å². The molecule has 1 aliphatic rings. The Labute approximate surface area is 132 Å². The van der Waals surface area contributed by atoms with Crippen molar-refractivity contribution in [2.45, 2.75) is 38.8 Å². The Morgan fingerprint density at radius 2 is 1.83 bits per heavy atom. The third-order valence-corrected chi connectivity index (χ3v) is 3.85. The maximum absolute atomic E-state index is 12.8. The molecule has 1 heterocycles. The first-order chi connectivity index (χ1) is 10.6. The quantitative estimate of drug-likeness (QED) is 0.687. The van der Waals surface area contributed by atoms with Gasteiger partial charge >= 0.3 is 12.1 Å². The molecule has 0 radical (unpaired) electrons. The van der Waals surface area contributed by atoms with Crippen molar-refractivity contribution in [2.24, 2.45) is 11.8 Å². The molecule has 0 aromatic carbocycles. The van der Waals surface area contributed by atoms with Gasteiger partial charge in [0.05, 0.1) is 11.8 Å². The van der Waals surface area contributed by atoms with Crippen molar-refractivity contribution < 1.29 is 32.7 Å². The monoisotopic (exact) mass is 338 g/mol. The molecule has 1 rings (SSSR count). The zero-order valence-electron chi connectivity index (χ0n) is 12.9. The van der Waals surface area contributed by atoms with Crippen LogP contribution in [0.25, 0.3) is 0 Å². The predicted octanol–water partition coefficient (Wildman–Crippen LogP) is 1.40. The molecular formula is C14H21F3N2O4. The number of rotatable bonds is 7. The standard InChI is InChI=1S/C14H21F3N2O4/c1-9(20)18-6-4-2-3-5-12(21)19-7-10(13(22)23)11(8-19)14(15,16)17/h10-11H,2-8H2,1H3,(H,18,20)(H,22,23)/t10-,11-/m1/s1. The van der Waals surface area contributed by atoms with E-state index in [1.807, 2.05) is 0 Å². The lowest BCUT2D eigenvalue weighted by Gasteiger charge is -2.18. The van der Waals surface area contributed by atoms with E-state index in [0.29, 0.717) is 25.8 Å². The molecule has 1 saturated heterocycles. The summed E-state index contributed by atoms with van der Waals surface area (Å²) in [4.78, 5) is 34.5. The van der Waals surface area contributed by atoms with Gasteiger partial charge in [-0.3, -0.25) is 14.4 Å². The lowest BCUT2D eigenvalue weighted by atomic mass is 9.96. The first-order valence-corrected chi connectivity index (χ1v) is 7.44. The van der Waals surface area contributed by atoms with E-state index in [9.17, 15) is 27.6 Å². The summed E-state index contributed by atoms with van der Waals surface area (Å²) in [6.07, 6.45) is -2.72. The second-order valence-electron chi connectivity index (χ2n) is 5.69. The number of carboxylic acids is 1. The fourth-order valence-electron chi connectivity index (χ4n) is 2.59. The maximum Gasteiger partial charge on any atom is 0.394 e. The number of carboxylic acid groups (broad SMARTS) is 1. The van der Waals surface area contributed by atoms with Crippen molar-refractivity contribution in [2.75, 3.05) is 19.6 Å². The molecule has 1 aliphatic heterocycles. The van der Waals surface area contributed by atoms with Crippen LogP contribution < -0.4 is 5.32 Å². The molecule has 2 N–H and O–H groups in total. The SMILES string of the molecule is CC(=O)NCCCCCC(=O)N1C[C@@H](C(F)(F)F)[C@H](C(=O)O)C1. The van der Waals surface area contributed by atoms with Crippen LogP contribution >= 0.6 is 0 Å². The number of unbranched alkanes of at least 4 members (excludes halogenated alkanes) is 2. The summed E-state index contributed by atoms with van der Waals surface area (Å²) in [6, 6.07) is 0. The normalized spacial score (nSPS) is 21.3. The van der Waals surface area contributed by atoms with Gasteiger partial charge in [-0.2, -0.15) is 13.2 Å². The number of halogens is 3. The Morgan fingerprint density at radius 1 is 1.17 bits per heavy atom. The van der Waals surface area contributed by atoms with E-state index in [2.05, 4.69) is 5.32 Å². The fourth-order valence-corrected chi connectivity index (χ4v) is 2.59. The van der Waals surface area contributed by atoms with E-state index in [-0.39, 0.29) is 12.3 Å². The minimum Gasteiger partial charge on any atom is -0.481 e. The van der Waals surface area contributed by atoms with Gasteiger partial charge in [-0.05, 0) is 12.8 Å². The largest absolute Gasteiger partial charge is 0.481 e. The molecule has 0 spiro atoms. The number of carbonyl (C=O) groups excluding carboxylic acids is 2. The van der Waals surface area contributed by atoms with Crippen molar-refractivity contribution in [3.8, 4) is 0 Å². The van der Waals surface area contributed by atoms with Crippen LogP contribution in [0.2, 0.25) is 0 Å². The molecule has 23 heavy (non-hydrogen) atoms. The Bertz CT molecular complexity index is 454. The second-order valence-corrected chi connectivity index (χ2v) is 5.69. The molecule has 0 bridgehead atoms. The molecule has 9 heteroatoms. The van der Waals surface area contributed by atoms with Gasteiger partial charge in [0, 0.05) is 33.0 Å². The Hall–Kier alpha value is -1.80. The number of hydrogen-bond donors (Lipinski definition) is 2. The summed E-state index contributed by atoms with van der Waals surface area (Å²) in [5, 5.41) is 11.5. The fraction of sp³-hybridized carbons (Fsp3) is 0.786. The highest BCUT2D eigenvalue weighted by atomic mass is 19.4. The molecule has 0 unspecified atom stereocenters. The zero-order chi connectivity index (χ0) is 17.6. The zero-order valence-corrected chi connectivity index (χ0v) is 12.9. The molecule has 132 valence electrons. The number of aliphatic carboxylic acids is 1. The average molecular weight is 338 g/mol. The Kier molecular flexibility index (Phi) is 6.83. The van der Waals surface area contributed by atoms with Gasteiger partial charge in [0.25, 0.3) is 0 Å². The van der Waals surface area contributed by atoms with Gasteiger partial charge in [0.15, 0.2) is 0 Å². The first kappa shape index (κ1) is 19.2. The molecule has 0 saturated carbocycles. The summed E-state index contributed by atoms with van der Waals surface area (Å²) >= 11 is 0. The maximum atomic E-state index is 12.8. The molecule has 0 aromatic heterocycles. The molecule has 0 aliphatic carbocycles. The van der Waals surface area contributed by atoms with Crippen LogP contribution in [0.1, 0.15) is 32.6 Å². The number of amides is 2.